The molecule has 0 aromatic heterocycles. The Balaban J connectivity index is 1.87. The van der Waals surface area contributed by atoms with Crippen LogP contribution < -0.4 is 10.7 Å². The van der Waals surface area contributed by atoms with Crippen LogP contribution in [0, 0.1) is 0 Å². The van der Waals surface area contributed by atoms with Crippen molar-refractivity contribution in [1.29, 1.82) is 0 Å². The summed E-state index contributed by atoms with van der Waals surface area (Å²) in [7, 11) is 0. The Hall–Kier alpha value is -3.48. The second kappa shape index (κ2) is 8.97. The van der Waals surface area contributed by atoms with Gasteiger partial charge in [0.25, 0.3) is 0 Å². The van der Waals surface area contributed by atoms with Crippen molar-refractivity contribution in [2.75, 3.05) is 11.9 Å². The Morgan fingerprint density at radius 2 is 1.68 bits per heavy atom. The van der Waals surface area contributed by atoms with E-state index < -0.39 is 17.8 Å². The zero-order valence-corrected chi connectivity index (χ0v) is 13.6. The summed E-state index contributed by atoms with van der Waals surface area (Å²) in [5.41, 5.74) is 3.66. The van der Waals surface area contributed by atoms with Gasteiger partial charge in [-0.2, -0.15) is 5.10 Å². The van der Waals surface area contributed by atoms with Crippen LogP contribution in [0.1, 0.15) is 22.8 Å². The second-order valence-corrected chi connectivity index (χ2v) is 4.86. The third kappa shape index (κ3) is 5.58. The molecule has 7 nitrogen and oxygen atoms in total. The number of anilines is 1. The molecule has 0 fully saturated rings. The van der Waals surface area contributed by atoms with Crippen LogP contribution in [0.4, 0.5) is 5.69 Å². The Labute approximate surface area is 144 Å². The summed E-state index contributed by atoms with van der Waals surface area (Å²) < 4.78 is 4.86. The van der Waals surface area contributed by atoms with Crippen molar-refractivity contribution >= 4 is 29.7 Å². The molecule has 0 aliphatic rings. The molecular weight excluding hydrogens is 322 g/mol. The van der Waals surface area contributed by atoms with E-state index in [4.69, 9.17) is 4.74 Å². The van der Waals surface area contributed by atoms with Crippen LogP contribution >= 0.6 is 0 Å². The van der Waals surface area contributed by atoms with Crippen molar-refractivity contribution < 1.29 is 19.1 Å². The molecule has 0 saturated heterocycles. The minimum atomic E-state index is -0.901. The number of hydrogen-bond acceptors (Lipinski definition) is 5. The highest BCUT2D eigenvalue weighted by atomic mass is 16.5. The van der Waals surface area contributed by atoms with Crippen LogP contribution in [0.15, 0.2) is 59.7 Å². The molecule has 128 valence electrons. The number of carbonyl (C=O) groups is 3. The minimum Gasteiger partial charge on any atom is -0.462 e. The Morgan fingerprint density at radius 3 is 2.32 bits per heavy atom. The van der Waals surface area contributed by atoms with Gasteiger partial charge in [-0.05, 0) is 36.8 Å². The maximum absolute atomic E-state index is 11.8. The number of hydrogen-bond donors (Lipinski definition) is 2. The molecule has 2 amide bonds. The normalized spacial score (nSPS) is 10.3. The molecule has 7 heteroatoms. The van der Waals surface area contributed by atoms with Gasteiger partial charge in [-0.25, -0.2) is 10.2 Å². The first-order valence-electron chi connectivity index (χ1n) is 7.56. The molecule has 0 heterocycles. The maximum Gasteiger partial charge on any atom is 0.338 e. The van der Waals surface area contributed by atoms with E-state index in [0.717, 1.165) is 5.56 Å². The lowest BCUT2D eigenvalue weighted by atomic mass is 10.2. The summed E-state index contributed by atoms with van der Waals surface area (Å²) in [6.07, 6.45) is 1.43. The monoisotopic (exact) mass is 339 g/mol. The Kier molecular flexibility index (Phi) is 6.41. The van der Waals surface area contributed by atoms with Gasteiger partial charge in [-0.3, -0.25) is 9.59 Å². The number of nitrogens with one attached hydrogen (secondary N) is 2. The molecule has 2 aromatic carbocycles. The molecule has 0 aliphatic heterocycles. The summed E-state index contributed by atoms with van der Waals surface area (Å²) in [6.45, 7) is 1.99. The van der Waals surface area contributed by atoms with E-state index in [1.165, 1.54) is 30.5 Å². The number of rotatable bonds is 5. The molecular formula is C18H17N3O4. The van der Waals surface area contributed by atoms with Crippen LogP contribution in [0.3, 0.4) is 0 Å². The number of ether oxygens (including phenoxy) is 1. The van der Waals surface area contributed by atoms with E-state index in [1.54, 1.807) is 19.1 Å². The molecule has 0 unspecified atom stereocenters. The number of amides is 2. The van der Waals surface area contributed by atoms with E-state index in [-0.39, 0.29) is 6.61 Å². The van der Waals surface area contributed by atoms with Crippen LogP contribution in [0.25, 0.3) is 0 Å². The summed E-state index contributed by atoms with van der Waals surface area (Å²) in [5.74, 6) is -2.22. The highest BCUT2D eigenvalue weighted by Gasteiger charge is 2.13. The average Bonchev–Trinajstić information content (AvgIpc) is 2.63. The third-order valence-electron chi connectivity index (χ3n) is 3.04. The molecule has 0 bridgehead atoms. The molecule has 2 aromatic rings. The molecule has 2 N–H and O–H groups in total. The van der Waals surface area contributed by atoms with E-state index in [1.807, 2.05) is 18.2 Å². The lowest BCUT2D eigenvalue weighted by Gasteiger charge is -2.05. The predicted molar refractivity (Wildman–Crippen MR) is 93.2 cm³/mol. The first-order valence-corrected chi connectivity index (χ1v) is 7.56. The van der Waals surface area contributed by atoms with E-state index in [9.17, 15) is 14.4 Å². The number of carbonyl (C=O) groups excluding carboxylic acids is 3. The Morgan fingerprint density at radius 1 is 1.00 bits per heavy atom. The van der Waals surface area contributed by atoms with E-state index in [0.29, 0.717) is 11.3 Å². The smallest absolute Gasteiger partial charge is 0.338 e. The molecule has 0 spiro atoms. The van der Waals surface area contributed by atoms with Gasteiger partial charge in [0.1, 0.15) is 0 Å². The predicted octanol–water partition coefficient (Wildman–Crippen LogP) is 1.95. The summed E-state index contributed by atoms with van der Waals surface area (Å²) >= 11 is 0. The molecule has 25 heavy (non-hydrogen) atoms. The van der Waals surface area contributed by atoms with Crippen LogP contribution in [-0.4, -0.2) is 30.6 Å². The molecule has 0 radical (unpaired) electrons. The highest BCUT2D eigenvalue weighted by Crippen LogP contribution is 2.10. The van der Waals surface area contributed by atoms with Gasteiger partial charge in [0, 0.05) is 5.69 Å². The van der Waals surface area contributed by atoms with Gasteiger partial charge in [0.15, 0.2) is 0 Å². The number of benzene rings is 2. The highest BCUT2D eigenvalue weighted by molar-refractivity contribution is 6.39. The second-order valence-electron chi connectivity index (χ2n) is 4.86. The number of hydrazone groups is 1. The summed E-state index contributed by atoms with van der Waals surface area (Å²) in [4.78, 5) is 35.0. The first kappa shape index (κ1) is 17.9. The van der Waals surface area contributed by atoms with Crippen molar-refractivity contribution in [3.8, 4) is 0 Å². The summed E-state index contributed by atoms with van der Waals surface area (Å²) in [5, 5.41) is 6.13. The van der Waals surface area contributed by atoms with Crippen molar-refractivity contribution in [1.82, 2.24) is 5.43 Å². The van der Waals surface area contributed by atoms with E-state index >= 15 is 0 Å². The molecule has 0 aliphatic carbocycles. The molecule has 0 saturated carbocycles. The lowest BCUT2D eigenvalue weighted by Crippen LogP contribution is -2.32. The largest absolute Gasteiger partial charge is 0.462 e. The first-order chi connectivity index (χ1) is 12.1. The fourth-order valence-electron chi connectivity index (χ4n) is 1.85. The fraction of sp³-hybridized carbons (Fsp3) is 0.111. The van der Waals surface area contributed by atoms with Crippen molar-refractivity contribution in [3.63, 3.8) is 0 Å². The number of nitrogens with zero attached hydrogens (tertiary/aromatic N) is 1. The zero-order chi connectivity index (χ0) is 18.1. The average molecular weight is 339 g/mol. The van der Waals surface area contributed by atoms with Gasteiger partial charge >= 0.3 is 17.8 Å². The number of esters is 1. The van der Waals surface area contributed by atoms with Crippen molar-refractivity contribution in [2.24, 2.45) is 5.10 Å². The topological polar surface area (TPSA) is 96.9 Å². The van der Waals surface area contributed by atoms with Gasteiger partial charge in [-0.1, -0.05) is 30.3 Å². The van der Waals surface area contributed by atoms with Gasteiger partial charge in [0.2, 0.25) is 0 Å². The van der Waals surface area contributed by atoms with E-state index in [2.05, 4.69) is 15.8 Å². The standard InChI is InChI=1S/C18H17N3O4/c1-2-25-18(24)14-8-10-15(11-9-14)20-16(22)17(23)21-19-12-13-6-4-3-5-7-13/h3-12H,2H2,1H3,(H,20,22)(H,21,23)/b19-12-. The van der Waals surface area contributed by atoms with Gasteiger partial charge in [0.05, 0.1) is 18.4 Å². The van der Waals surface area contributed by atoms with Crippen LogP contribution in [0.2, 0.25) is 0 Å². The zero-order valence-electron chi connectivity index (χ0n) is 13.6. The van der Waals surface area contributed by atoms with Crippen molar-refractivity contribution in [3.05, 3.63) is 65.7 Å². The Bertz CT molecular complexity index is 771. The quantitative estimate of drug-likeness (QED) is 0.377. The summed E-state index contributed by atoms with van der Waals surface area (Å²) in [6, 6.07) is 15.1. The molecule has 2 rings (SSSR count). The van der Waals surface area contributed by atoms with Gasteiger partial charge in [-0.15, -0.1) is 0 Å². The molecule has 0 atom stereocenters. The SMILES string of the molecule is CCOC(=O)c1ccc(NC(=O)C(=O)N/N=C\c2ccccc2)cc1. The van der Waals surface area contributed by atoms with Crippen LogP contribution in [-0.2, 0) is 14.3 Å². The maximum atomic E-state index is 11.8. The minimum absolute atomic E-state index is 0.279. The van der Waals surface area contributed by atoms with Crippen LogP contribution in [0.5, 0.6) is 0 Å². The van der Waals surface area contributed by atoms with Gasteiger partial charge < -0.3 is 10.1 Å². The third-order valence-corrected chi connectivity index (χ3v) is 3.04. The fourth-order valence-corrected chi connectivity index (χ4v) is 1.85. The van der Waals surface area contributed by atoms with Crippen molar-refractivity contribution in [2.45, 2.75) is 6.92 Å². The lowest BCUT2D eigenvalue weighted by molar-refractivity contribution is -0.136.